The van der Waals surface area contributed by atoms with Crippen LogP contribution in [0, 0.1) is 5.82 Å². The molecule has 108 valence electrons. The Morgan fingerprint density at radius 3 is 2.85 bits per heavy atom. The van der Waals surface area contributed by atoms with Crippen LogP contribution in [0.4, 0.5) is 10.1 Å². The molecule has 0 spiro atoms. The van der Waals surface area contributed by atoms with Crippen molar-refractivity contribution in [3.8, 4) is 0 Å². The van der Waals surface area contributed by atoms with Gasteiger partial charge in [-0.3, -0.25) is 9.40 Å². The van der Waals surface area contributed by atoms with Crippen molar-refractivity contribution in [2.24, 2.45) is 0 Å². The molecule has 20 heavy (non-hydrogen) atoms. The highest BCUT2D eigenvalue weighted by molar-refractivity contribution is 7.92. The second-order valence-electron chi connectivity index (χ2n) is 4.13. The van der Waals surface area contributed by atoms with Gasteiger partial charge in [0.2, 0.25) is 10.0 Å². The monoisotopic (exact) mass is 317 g/mol. The molecule has 0 unspecified atom stereocenters. The highest BCUT2D eigenvalue weighted by Gasteiger charge is 2.11. The number of benzene rings is 1. The van der Waals surface area contributed by atoms with Crippen LogP contribution in [-0.2, 0) is 16.6 Å². The van der Waals surface area contributed by atoms with E-state index in [-0.39, 0.29) is 12.3 Å². The van der Waals surface area contributed by atoms with Crippen molar-refractivity contribution in [3.05, 3.63) is 47.0 Å². The predicted molar refractivity (Wildman–Crippen MR) is 75.8 cm³/mol. The van der Waals surface area contributed by atoms with Crippen molar-refractivity contribution in [2.75, 3.05) is 10.5 Å². The molecular formula is C12H13ClFN3O2S. The number of sulfonamides is 1. The first-order chi connectivity index (χ1) is 9.41. The molecule has 1 aromatic heterocycles. The third-order valence-corrected chi connectivity index (χ3v) is 4.33. The third kappa shape index (κ3) is 3.49. The van der Waals surface area contributed by atoms with Gasteiger partial charge in [-0.1, -0.05) is 17.7 Å². The molecule has 5 nitrogen and oxygen atoms in total. The lowest BCUT2D eigenvalue weighted by atomic mass is 10.2. The van der Waals surface area contributed by atoms with Crippen LogP contribution in [0.15, 0.2) is 30.6 Å². The van der Waals surface area contributed by atoms with Crippen molar-refractivity contribution in [3.63, 3.8) is 0 Å². The second-order valence-corrected chi connectivity index (χ2v) is 6.55. The molecule has 0 aliphatic rings. The van der Waals surface area contributed by atoms with Gasteiger partial charge in [0.1, 0.15) is 5.82 Å². The predicted octanol–water partition coefficient (Wildman–Crippen LogP) is 2.49. The summed E-state index contributed by atoms with van der Waals surface area (Å²) in [6.45, 7) is 1.66. The fourth-order valence-corrected chi connectivity index (χ4v) is 2.43. The highest BCUT2D eigenvalue weighted by Crippen LogP contribution is 2.20. The summed E-state index contributed by atoms with van der Waals surface area (Å²) < 4.78 is 40.2. The van der Waals surface area contributed by atoms with Crippen LogP contribution in [0.2, 0.25) is 5.02 Å². The number of aromatic nitrogens is 2. The van der Waals surface area contributed by atoms with Gasteiger partial charge in [-0.2, -0.15) is 5.10 Å². The van der Waals surface area contributed by atoms with Crippen LogP contribution in [-0.4, -0.2) is 24.0 Å². The molecule has 0 atom stereocenters. The van der Waals surface area contributed by atoms with E-state index in [1.165, 1.54) is 36.1 Å². The summed E-state index contributed by atoms with van der Waals surface area (Å²) in [5, 5.41) is 4.28. The van der Waals surface area contributed by atoms with Crippen molar-refractivity contribution in [1.82, 2.24) is 9.78 Å². The molecule has 0 saturated carbocycles. The maximum Gasteiger partial charge on any atom is 0.232 e. The van der Waals surface area contributed by atoms with E-state index in [4.69, 9.17) is 11.6 Å². The molecule has 1 N–H and O–H groups in total. The summed E-state index contributed by atoms with van der Waals surface area (Å²) in [5.41, 5.74) is 0.640. The fraction of sp³-hybridized carbons (Fsp3) is 0.250. The lowest BCUT2D eigenvalue weighted by Crippen LogP contribution is -2.14. The standard InChI is InChI=1S/C12H13ClFN3O2S/c1-2-20(18,19)16-9-6-15-17(7-9)8-10-11(13)4-3-5-12(10)14/h3-7,16H,2,8H2,1H3. The van der Waals surface area contributed by atoms with E-state index in [9.17, 15) is 12.8 Å². The number of nitrogens with zero attached hydrogens (tertiary/aromatic N) is 2. The summed E-state index contributed by atoms with van der Waals surface area (Å²) in [6.07, 6.45) is 2.85. The van der Waals surface area contributed by atoms with Crippen LogP contribution in [0.1, 0.15) is 12.5 Å². The summed E-state index contributed by atoms with van der Waals surface area (Å²) in [5.74, 6) is -0.458. The molecule has 0 amide bonds. The molecule has 1 heterocycles. The average Bonchev–Trinajstić information content (AvgIpc) is 2.81. The molecule has 2 rings (SSSR count). The van der Waals surface area contributed by atoms with Crippen LogP contribution in [0.25, 0.3) is 0 Å². The first kappa shape index (κ1) is 14.8. The zero-order valence-corrected chi connectivity index (χ0v) is 12.2. The fourth-order valence-electron chi connectivity index (χ4n) is 1.60. The van der Waals surface area contributed by atoms with E-state index in [0.717, 1.165) is 0 Å². The molecule has 0 aliphatic heterocycles. The number of nitrogens with one attached hydrogen (secondary N) is 1. The third-order valence-electron chi connectivity index (χ3n) is 2.67. The maximum absolute atomic E-state index is 13.6. The quantitative estimate of drug-likeness (QED) is 0.921. The van der Waals surface area contributed by atoms with Gasteiger partial charge in [0.25, 0.3) is 0 Å². The number of anilines is 1. The molecule has 0 saturated heterocycles. The van der Waals surface area contributed by atoms with Crippen LogP contribution < -0.4 is 4.72 Å². The van der Waals surface area contributed by atoms with E-state index < -0.39 is 15.8 Å². The zero-order chi connectivity index (χ0) is 14.8. The number of halogens is 2. The summed E-state index contributed by atoms with van der Waals surface area (Å²) in [7, 11) is -3.35. The highest BCUT2D eigenvalue weighted by atomic mass is 35.5. The van der Waals surface area contributed by atoms with Crippen molar-refractivity contribution >= 4 is 27.3 Å². The summed E-state index contributed by atoms with van der Waals surface area (Å²) in [4.78, 5) is 0. The van der Waals surface area contributed by atoms with E-state index in [1.54, 1.807) is 6.07 Å². The van der Waals surface area contributed by atoms with Gasteiger partial charge >= 0.3 is 0 Å². The van der Waals surface area contributed by atoms with Gasteiger partial charge in [-0.15, -0.1) is 0 Å². The molecular weight excluding hydrogens is 305 g/mol. The Morgan fingerprint density at radius 2 is 2.20 bits per heavy atom. The summed E-state index contributed by atoms with van der Waals surface area (Å²) >= 11 is 5.92. The maximum atomic E-state index is 13.6. The zero-order valence-electron chi connectivity index (χ0n) is 10.7. The van der Waals surface area contributed by atoms with Gasteiger partial charge in [0, 0.05) is 16.8 Å². The topological polar surface area (TPSA) is 64.0 Å². The van der Waals surface area contributed by atoms with Crippen molar-refractivity contribution in [2.45, 2.75) is 13.5 Å². The molecule has 1 aromatic carbocycles. The minimum Gasteiger partial charge on any atom is -0.280 e. The lowest BCUT2D eigenvalue weighted by Gasteiger charge is -2.06. The molecule has 0 fully saturated rings. The molecule has 0 bridgehead atoms. The molecule has 0 aliphatic carbocycles. The van der Waals surface area contributed by atoms with Crippen LogP contribution >= 0.6 is 11.6 Å². The van der Waals surface area contributed by atoms with E-state index in [1.807, 2.05) is 0 Å². The van der Waals surface area contributed by atoms with Gasteiger partial charge < -0.3 is 0 Å². The van der Waals surface area contributed by atoms with Crippen molar-refractivity contribution in [1.29, 1.82) is 0 Å². The van der Waals surface area contributed by atoms with E-state index in [2.05, 4.69) is 9.82 Å². The smallest absolute Gasteiger partial charge is 0.232 e. The van der Waals surface area contributed by atoms with E-state index in [0.29, 0.717) is 16.3 Å². The molecule has 0 radical (unpaired) electrons. The van der Waals surface area contributed by atoms with Gasteiger partial charge in [-0.25, -0.2) is 12.8 Å². The Kier molecular flexibility index (Phi) is 4.29. The molecule has 2 aromatic rings. The Balaban J connectivity index is 2.18. The SMILES string of the molecule is CCS(=O)(=O)Nc1cnn(Cc2c(F)cccc2Cl)c1. The number of hydrogen-bond donors (Lipinski definition) is 1. The Morgan fingerprint density at radius 1 is 1.45 bits per heavy atom. The largest absolute Gasteiger partial charge is 0.280 e. The first-order valence-corrected chi connectivity index (χ1v) is 7.90. The van der Waals surface area contributed by atoms with Crippen LogP contribution in [0.3, 0.4) is 0 Å². The minimum absolute atomic E-state index is 0.0304. The van der Waals surface area contributed by atoms with Gasteiger partial charge in [0.15, 0.2) is 0 Å². The lowest BCUT2D eigenvalue weighted by molar-refractivity contribution is 0.585. The first-order valence-electron chi connectivity index (χ1n) is 5.87. The number of rotatable bonds is 5. The van der Waals surface area contributed by atoms with Gasteiger partial charge in [0.05, 0.1) is 24.2 Å². The summed E-state index contributed by atoms with van der Waals surface area (Å²) in [6, 6.07) is 4.42. The van der Waals surface area contributed by atoms with Crippen LogP contribution in [0.5, 0.6) is 0 Å². The molecule has 8 heteroatoms. The Labute approximate surface area is 121 Å². The average molecular weight is 318 g/mol. The van der Waals surface area contributed by atoms with Gasteiger partial charge in [-0.05, 0) is 19.1 Å². The van der Waals surface area contributed by atoms with Crippen molar-refractivity contribution < 1.29 is 12.8 Å². The normalized spacial score (nSPS) is 11.6. The Hall–Kier alpha value is -1.60. The Bertz CT molecular complexity index is 695. The number of hydrogen-bond acceptors (Lipinski definition) is 3. The second kappa shape index (κ2) is 5.80. The van der Waals surface area contributed by atoms with E-state index >= 15 is 0 Å². The minimum atomic E-state index is -3.35.